The van der Waals surface area contributed by atoms with Crippen molar-refractivity contribution in [3.63, 3.8) is 0 Å². The molecule has 1 aromatic rings. The summed E-state index contributed by atoms with van der Waals surface area (Å²) in [5.74, 6) is 2.77. The van der Waals surface area contributed by atoms with Crippen molar-refractivity contribution < 1.29 is 0 Å². The van der Waals surface area contributed by atoms with Gasteiger partial charge in [-0.1, -0.05) is 13.8 Å². The molecule has 1 aliphatic heterocycles. The Bertz CT molecular complexity index is 511. The van der Waals surface area contributed by atoms with Crippen LogP contribution in [0.4, 0.5) is 0 Å². The number of nitrogens with one attached hydrogen (secondary N) is 2. The number of guanidine groups is 1. The topological polar surface area (TPSA) is 70.4 Å². The molecule has 0 amide bonds. The molecule has 2 rings (SSSR count). The lowest BCUT2D eigenvalue weighted by atomic mass is 10.0. The highest BCUT2D eigenvalue weighted by Crippen LogP contribution is 2.15. The molecule has 25 heavy (non-hydrogen) atoms. The quantitative estimate of drug-likeness (QED) is 0.402. The van der Waals surface area contributed by atoms with Crippen LogP contribution < -0.4 is 10.6 Å². The van der Waals surface area contributed by atoms with Crippen LogP contribution in [0.25, 0.3) is 0 Å². The molecule has 1 saturated heterocycles. The number of piperidine rings is 1. The van der Waals surface area contributed by atoms with E-state index in [-0.39, 0.29) is 0 Å². The Labute approximate surface area is 152 Å². The first-order valence-corrected chi connectivity index (χ1v) is 9.76. The average Bonchev–Trinajstić information content (AvgIpc) is 3.07. The zero-order chi connectivity index (χ0) is 17.9. The Hall–Kier alpha value is -1.63. The van der Waals surface area contributed by atoms with Crippen molar-refractivity contribution in [2.24, 2.45) is 10.9 Å². The van der Waals surface area contributed by atoms with Crippen molar-refractivity contribution in [2.45, 2.75) is 52.5 Å². The number of aryl methyl sites for hydroxylation is 1. The zero-order valence-corrected chi connectivity index (χ0v) is 16.2. The highest BCUT2D eigenvalue weighted by atomic mass is 15.3. The summed E-state index contributed by atoms with van der Waals surface area (Å²) < 4.78 is 2.08. The van der Waals surface area contributed by atoms with Crippen molar-refractivity contribution in [3.8, 4) is 0 Å². The van der Waals surface area contributed by atoms with E-state index in [0.29, 0.717) is 0 Å². The molecule has 2 heterocycles. The Morgan fingerprint density at radius 2 is 2.12 bits per heavy atom. The van der Waals surface area contributed by atoms with Gasteiger partial charge in [0.2, 0.25) is 0 Å². The van der Waals surface area contributed by atoms with Crippen molar-refractivity contribution in [1.29, 1.82) is 0 Å². The van der Waals surface area contributed by atoms with E-state index < -0.39 is 0 Å². The van der Waals surface area contributed by atoms with Crippen molar-refractivity contribution in [1.82, 2.24) is 30.3 Å². The molecule has 0 aromatic carbocycles. The standard InChI is InChI=1S/C18H35N7/c1-4-17-23-22-15-25(17)13-10-21-18(19-3)20-9-5-6-11-24-12-7-8-16(2)14-24/h15-16H,4-14H2,1-3H3,(H2,19,20,21). The zero-order valence-electron chi connectivity index (χ0n) is 16.2. The normalized spacial score (nSPS) is 19.2. The minimum atomic E-state index is 0.816. The van der Waals surface area contributed by atoms with E-state index in [0.717, 1.165) is 43.8 Å². The number of nitrogens with zero attached hydrogens (tertiary/aromatic N) is 5. The van der Waals surface area contributed by atoms with Gasteiger partial charge in [0.25, 0.3) is 0 Å². The molecule has 1 aliphatic rings. The molecule has 0 spiro atoms. The number of rotatable bonds is 9. The molecule has 7 heteroatoms. The molecule has 2 N–H and O–H groups in total. The summed E-state index contributed by atoms with van der Waals surface area (Å²) in [6.45, 7) is 10.9. The summed E-state index contributed by atoms with van der Waals surface area (Å²) >= 11 is 0. The molecule has 0 bridgehead atoms. The third kappa shape index (κ3) is 7.02. The summed E-state index contributed by atoms with van der Waals surface area (Å²) in [7, 11) is 1.82. The van der Waals surface area contributed by atoms with Gasteiger partial charge < -0.3 is 20.1 Å². The van der Waals surface area contributed by atoms with Crippen LogP contribution in [-0.2, 0) is 13.0 Å². The predicted octanol–water partition coefficient (Wildman–Crippen LogP) is 1.52. The third-order valence-electron chi connectivity index (χ3n) is 4.82. The number of likely N-dealkylation sites (tertiary alicyclic amines) is 1. The van der Waals surface area contributed by atoms with Gasteiger partial charge in [0.05, 0.1) is 0 Å². The molecule has 142 valence electrons. The van der Waals surface area contributed by atoms with Crippen molar-refractivity contribution in [3.05, 3.63) is 12.2 Å². The Morgan fingerprint density at radius 1 is 1.28 bits per heavy atom. The molecular formula is C18H35N7. The first-order chi connectivity index (χ1) is 12.2. The van der Waals surface area contributed by atoms with Gasteiger partial charge >= 0.3 is 0 Å². The maximum Gasteiger partial charge on any atom is 0.191 e. The number of unbranched alkanes of at least 4 members (excludes halogenated alkanes) is 1. The summed E-state index contributed by atoms with van der Waals surface area (Å²) in [5.41, 5.74) is 0. The summed E-state index contributed by atoms with van der Waals surface area (Å²) in [6.07, 6.45) is 7.88. The lowest BCUT2D eigenvalue weighted by molar-refractivity contribution is 0.181. The van der Waals surface area contributed by atoms with Gasteiger partial charge in [-0.15, -0.1) is 10.2 Å². The second kappa shape index (κ2) is 11.1. The second-order valence-electron chi connectivity index (χ2n) is 6.97. The third-order valence-corrected chi connectivity index (χ3v) is 4.82. The highest BCUT2D eigenvalue weighted by Gasteiger charge is 2.15. The molecule has 1 fully saturated rings. The Balaban J connectivity index is 1.54. The molecule has 1 unspecified atom stereocenters. The van der Waals surface area contributed by atoms with Gasteiger partial charge in [-0.2, -0.15) is 0 Å². The van der Waals surface area contributed by atoms with Crippen LogP contribution in [0, 0.1) is 5.92 Å². The van der Waals surface area contributed by atoms with E-state index >= 15 is 0 Å². The Morgan fingerprint density at radius 3 is 2.88 bits per heavy atom. The minimum absolute atomic E-state index is 0.816. The van der Waals surface area contributed by atoms with Gasteiger partial charge in [0.15, 0.2) is 5.96 Å². The van der Waals surface area contributed by atoms with Gasteiger partial charge in [-0.05, 0) is 44.7 Å². The van der Waals surface area contributed by atoms with Crippen LogP contribution >= 0.6 is 0 Å². The largest absolute Gasteiger partial charge is 0.356 e. The number of hydrogen-bond donors (Lipinski definition) is 2. The van der Waals surface area contributed by atoms with E-state index in [4.69, 9.17) is 0 Å². The van der Waals surface area contributed by atoms with Crippen molar-refractivity contribution >= 4 is 5.96 Å². The fraction of sp³-hybridized carbons (Fsp3) is 0.833. The van der Waals surface area contributed by atoms with Gasteiger partial charge in [0.1, 0.15) is 12.2 Å². The number of aromatic nitrogens is 3. The van der Waals surface area contributed by atoms with Gasteiger partial charge in [0, 0.05) is 39.6 Å². The fourth-order valence-electron chi connectivity index (χ4n) is 3.41. The van der Waals surface area contributed by atoms with Crippen LogP contribution in [0.2, 0.25) is 0 Å². The first kappa shape index (κ1) is 19.7. The Kier molecular flexibility index (Phi) is 8.72. The fourth-order valence-corrected chi connectivity index (χ4v) is 3.41. The molecule has 7 nitrogen and oxygen atoms in total. The van der Waals surface area contributed by atoms with E-state index in [2.05, 4.69) is 49.1 Å². The lowest BCUT2D eigenvalue weighted by Crippen LogP contribution is -2.39. The van der Waals surface area contributed by atoms with Crippen LogP contribution in [0.5, 0.6) is 0 Å². The smallest absolute Gasteiger partial charge is 0.191 e. The van der Waals surface area contributed by atoms with Gasteiger partial charge in [-0.3, -0.25) is 4.99 Å². The van der Waals surface area contributed by atoms with Crippen LogP contribution in [-0.4, -0.2) is 65.4 Å². The van der Waals surface area contributed by atoms with E-state index in [1.807, 2.05) is 7.05 Å². The van der Waals surface area contributed by atoms with E-state index in [9.17, 15) is 0 Å². The van der Waals surface area contributed by atoms with Crippen molar-refractivity contribution in [2.75, 3.05) is 39.8 Å². The van der Waals surface area contributed by atoms with Gasteiger partial charge in [-0.25, -0.2) is 0 Å². The molecule has 0 aliphatic carbocycles. The molecule has 0 radical (unpaired) electrons. The first-order valence-electron chi connectivity index (χ1n) is 9.76. The lowest BCUT2D eigenvalue weighted by Gasteiger charge is -2.30. The number of aliphatic imine (C=N–C) groups is 1. The minimum Gasteiger partial charge on any atom is -0.356 e. The molecule has 0 saturated carbocycles. The van der Waals surface area contributed by atoms with Crippen LogP contribution in [0.1, 0.15) is 45.4 Å². The summed E-state index contributed by atoms with van der Waals surface area (Å²) in [4.78, 5) is 6.91. The van der Waals surface area contributed by atoms with E-state index in [1.54, 1.807) is 6.33 Å². The second-order valence-corrected chi connectivity index (χ2v) is 6.97. The maximum absolute atomic E-state index is 4.29. The predicted molar refractivity (Wildman–Crippen MR) is 103 cm³/mol. The average molecular weight is 350 g/mol. The van der Waals surface area contributed by atoms with Crippen LogP contribution in [0.15, 0.2) is 11.3 Å². The SMILES string of the molecule is CCc1nncn1CCNC(=NC)NCCCCN1CCCC(C)C1. The van der Waals surface area contributed by atoms with Crippen LogP contribution in [0.3, 0.4) is 0 Å². The number of hydrogen-bond acceptors (Lipinski definition) is 4. The maximum atomic E-state index is 4.29. The summed E-state index contributed by atoms with van der Waals surface area (Å²) in [5, 5.41) is 14.8. The summed E-state index contributed by atoms with van der Waals surface area (Å²) in [6, 6.07) is 0. The molecule has 1 aromatic heterocycles. The molecule has 1 atom stereocenters. The molecular weight excluding hydrogens is 314 g/mol. The highest BCUT2D eigenvalue weighted by molar-refractivity contribution is 5.79. The monoisotopic (exact) mass is 349 g/mol. The van der Waals surface area contributed by atoms with E-state index in [1.165, 1.54) is 45.3 Å².